The number of ether oxygens (including phenoxy) is 1. The van der Waals surface area contributed by atoms with Gasteiger partial charge in [-0.2, -0.15) is 0 Å². The Kier molecular flexibility index (Phi) is 7.35. The number of amides is 1. The summed E-state index contributed by atoms with van der Waals surface area (Å²) in [4.78, 5) is 23.8. The van der Waals surface area contributed by atoms with Crippen molar-refractivity contribution in [3.8, 4) is 0 Å². The van der Waals surface area contributed by atoms with Crippen LogP contribution in [-0.2, 0) is 20.7 Å². The Balaban J connectivity index is 2.77. The quantitative estimate of drug-likeness (QED) is 0.751. The third-order valence-electron chi connectivity index (χ3n) is 3.13. The van der Waals surface area contributed by atoms with Crippen LogP contribution in [0, 0.1) is 5.92 Å². The van der Waals surface area contributed by atoms with Gasteiger partial charge >= 0.3 is 5.97 Å². The SMILES string of the molecule is COC(=O)[C@H](Cc1cccc(Cl)c1)NC(=O)[C@H](O)CC(C)C. The molecule has 0 heterocycles. The highest BCUT2D eigenvalue weighted by atomic mass is 35.5. The Labute approximate surface area is 135 Å². The van der Waals surface area contributed by atoms with Crippen LogP contribution in [0.2, 0.25) is 5.02 Å². The van der Waals surface area contributed by atoms with Crippen molar-refractivity contribution in [2.75, 3.05) is 7.11 Å². The second-order valence-electron chi connectivity index (χ2n) is 5.56. The lowest BCUT2D eigenvalue weighted by molar-refractivity contribution is -0.146. The molecule has 0 aliphatic heterocycles. The summed E-state index contributed by atoms with van der Waals surface area (Å²) in [5.74, 6) is -0.971. The summed E-state index contributed by atoms with van der Waals surface area (Å²) in [6, 6.07) is 6.15. The van der Waals surface area contributed by atoms with E-state index in [0.717, 1.165) is 5.56 Å². The molecule has 6 heteroatoms. The van der Waals surface area contributed by atoms with Gasteiger partial charge in [0.2, 0.25) is 5.91 Å². The topological polar surface area (TPSA) is 75.6 Å². The predicted octanol–water partition coefficient (Wildman–Crippen LogP) is 1.95. The molecule has 0 unspecified atom stereocenters. The minimum atomic E-state index is -1.15. The molecule has 0 aliphatic rings. The number of carbonyl (C=O) groups is 2. The van der Waals surface area contributed by atoms with Crippen LogP contribution in [0.1, 0.15) is 25.8 Å². The van der Waals surface area contributed by atoms with E-state index in [0.29, 0.717) is 11.4 Å². The van der Waals surface area contributed by atoms with Gasteiger partial charge in [0.05, 0.1) is 7.11 Å². The van der Waals surface area contributed by atoms with E-state index in [9.17, 15) is 14.7 Å². The van der Waals surface area contributed by atoms with Crippen molar-refractivity contribution >= 4 is 23.5 Å². The summed E-state index contributed by atoms with van der Waals surface area (Å²) in [5, 5.41) is 12.9. The molecule has 0 saturated carbocycles. The molecule has 0 aliphatic carbocycles. The Morgan fingerprint density at radius 3 is 2.59 bits per heavy atom. The van der Waals surface area contributed by atoms with Crippen LogP contribution < -0.4 is 5.32 Å². The van der Waals surface area contributed by atoms with Gasteiger partial charge in [0.1, 0.15) is 12.1 Å². The van der Waals surface area contributed by atoms with E-state index >= 15 is 0 Å². The minimum Gasteiger partial charge on any atom is -0.467 e. The zero-order valence-corrected chi connectivity index (χ0v) is 13.8. The lowest BCUT2D eigenvalue weighted by Crippen LogP contribution is -2.47. The molecule has 2 N–H and O–H groups in total. The molecule has 1 aromatic carbocycles. The second kappa shape index (κ2) is 8.76. The van der Waals surface area contributed by atoms with Crippen molar-refractivity contribution in [3.05, 3.63) is 34.9 Å². The van der Waals surface area contributed by atoms with Crippen LogP contribution in [0.25, 0.3) is 0 Å². The fraction of sp³-hybridized carbons (Fsp3) is 0.500. The normalized spacial score (nSPS) is 13.5. The number of rotatable bonds is 7. The highest BCUT2D eigenvalue weighted by Crippen LogP contribution is 2.13. The lowest BCUT2D eigenvalue weighted by Gasteiger charge is -2.19. The van der Waals surface area contributed by atoms with E-state index in [-0.39, 0.29) is 12.3 Å². The van der Waals surface area contributed by atoms with Gasteiger partial charge in [-0.3, -0.25) is 4.79 Å². The molecule has 2 atom stereocenters. The number of halogens is 1. The van der Waals surface area contributed by atoms with E-state index in [1.54, 1.807) is 24.3 Å². The van der Waals surface area contributed by atoms with Gasteiger partial charge in [-0.15, -0.1) is 0 Å². The first-order valence-electron chi connectivity index (χ1n) is 7.14. The van der Waals surface area contributed by atoms with Crippen molar-refractivity contribution in [2.45, 2.75) is 38.8 Å². The summed E-state index contributed by atoms with van der Waals surface area (Å²) < 4.78 is 4.71. The molecule has 1 amide bonds. The fourth-order valence-corrected chi connectivity index (χ4v) is 2.27. The average Bonchev–Trinajstić information content (AvgIpc) is 2.44. The molecule has 0 spiro atoms. The molecular formula is C16H22ClNO4. The molecule has 0 radical (unpaired) electrons. The highest BCUT2D eigenvalue weighted by Gasteiger charge is 2.25. The van der Waals surface area contributed by atoms with E-state index in [1.165, 1.54) is 7.11 Å². The Hall–Kier alpha value is -1.59. The lowest BCUT2D eigenvalue weighted by atomic mass is 10.0. The average molecular weight is 328 g/mol. The zero-order valence-electron chi connectivity index (χ0n) is 13.0. The Bertz CT molecular complexity index is 519. The molecule has 0 fully saturated rings. The van der Waals surface area contributed by atoms with Crippen molar-refractivity contribution in [1.82, 2.24) is 5.32 Å². The molecule has 22 heavy (non-hydrogen) atoms. The molecule has 5 nitrogen and oxygen atoms in total. The molecular weight excluding hydrogens is 306 g/mol. The molecule has 1 rings (SSSR count). The fourth-order valence-electron chi connectivity index (χ4n) is 2.06. The zero-order chi connectivity index (χ0) is 16.7. The maximum Gasteiger partial charge on any atom is 0.328 e. The van der Waals surface area contributed by atoms with Gasteiger partial charge in [-0.25, -0.2) is 4.79 Å². The van der Waals surface area contributed by atoms with Crippen LogP contribution in [0.3, 0.4) is 0 Å². The summed E-state index contributed by atoms with van der Waals surface area (Å²) in [6.45, 7) is 3.81. The molecule has 0 aromatic heterocycles. The van der Waals surface area contributed by atoms with E-state index in [4.69, 9.17) is 16.3 Å². The first-order valence-corrected chi connectivity index (χ1v) is 7.52. The maximum absolute atomic E-state index is 12.0. The van der Waals surface area contributed by atoms with Gasteiger partial charge in [0.15, 0.2) is 0 Å². The van der Waals surface area contributed by atoms with E-state index < -0.39 is 24.0 Å². The monoisotopic (exact) mass is 327 g/mol. The number of hydrogen-bond acceptors (Lipinski definition) is 4. The summed E-state index contributed by atoms with van der Waals surface area (Å²) in [6.07, 6.45) is -0.573. The minimum absolute atomic E-state index is 0.172. The standard InChI is InChI=1S/C16H22ClNO4/c1-10(2)7-14(19)15(20)18-13(16(21)22-3)9-11-5-4-6-12(17)8-11/h4-6,8,10,13-14,19H,7,9H2,1-3H3,(H,18,20)/t13-,14+/m0/s1. The van der Waals surface area contributed by atoms with Crippen LogP contribution in [0.5, 0.6) is 0 Å². The summed E-state index contributed by atoms with van der Waals surface area (Å²) >= 11 is 5.91. The number of methoxy groups -OCH3 is 1. The van der Waals surface area contributed by atoms with Crippen LogP contribution >= 0.6 is 11.6 Å². The van der Waals surface area contributed by atoms with Crippen LogP contribution in [-0.4, -0.2) is 36.2 Å². The van der Waals surface area contributed by atoms with Crippen molar-refractivity contribution in [1.29, 1.82) is 0 Å². The molecule has 1 aromatic rings. The van der Waals surface area contributed by atoms with Crippen LogP contribution in [0.15, 0.2) is 24.3 Å². The third kappa shape index (κ3) is 6.03. The summed E-state index contributed by atoms with van der Waals surface area (Å²) in [5.41, 5.74) is 0.793. The number of carbonyl (C=O) groups excluding carboxylic acids is 2. The van der Waals surface area contributed by atoms with E-state index in [2.05, 4.69) is 5.32 Å². The van der Waals surface area contributed by atoms with Gasteiger partial charge in [0, 0.05) is 11.4 Å². The number of nitrogens with one attached hydrogen (secondary N) is 1. The number of aliphatic hydroxyl groups excluding tert-OH is 1. The number of benzene rings is 1. The third-order valence-corrected chi connectivity index (χ3v) is 3.36. The molecule has 0 saturated heterocycles. The van der Waals surface area contributed by atoms with Gasteiger partial charge in [0.25, 0.3) is 0 Å². The maximum atomic E-state index is 12.0. The van der Waals surface area contributed by atoms with Gasteiger partial charge in [-0.1, -0.05) is 37.6 Å². The molecule has 0 bridgehead atoms. The second-order valence-corrected chi connectivity index (χ2v) is 6.00. The smallest absolute Gasteiger partial charge is 0.328 e. The van der Waals surface area contributed by atoms with Crippen molar-refractivity contribution in [2.24, 2.45) is 5.92 Å². The van der Waals surface area contributed by atoms with Crippen molar-refractivity contribution < 1.29 is 19.4 Å². The first-order chi connectivity index (χ1) is 10.3. The van der Waals surface area contributed by atoms with Crippen LogP contribution in [0.4, 0.5) is 0 Å². The first kappa shape index (κ1) is 18.5. The van der Waals surface area contributed by atoms with Crippen molar-refractivity contribution in [3.63, 3.8) is 0 Å². The van der Waals surface area contributed by atoms with E-state index in [1.807, 2.05) is 13.8 Å². The Morgan fingerprint density at radius 2 is 2.05 bits per heavy atom. The number of esters is 1. The largest absolute Gasteiger partial charge is 0.467 e. The van der Waals surface area contributed by atoms with Gasteiger partial charge in [-0.05, 0) is 30.0 Å². The molecule has 122 valence electrons. The highest BCUT2D eigenvalue weighted by molar-refractivity contribution is 6.30. The predicted molar refractivity (Wildman–Crippen MR) is 84.6 cm³/mol. The number of hydrogen-bond donors (Lipinski definition) is 2. The number of aliphatic hydroxyl groups is 1. The van der Waals surface area contributed by atoms with Gasteiger partial charge < -0.3 is 15.2 Å². The summed E-state index contributed by atoms with van der Waals surface area (Å²) in [7, 11) is 1.25. The Morgan fingerprint density at radius 1 is 1.36 bits per heavy atom.